The Bertz CT molecular complexity index is 830. The molecule has 2 aromatic rings. The Balaban J connectivity index is 1.38. The molecule has 1 aromatic carbocycles. The smallest absolute Gasteiger partial charge is 0.224 e. The number of ether oxygens (including phenoxy) is 1. The van der Waals surface area contributed by atoms with E-state index >= 15 is 0 Å². The lowest BCUT2D eigenvalue weighted by Crippen LogP contribution is -2.46. The third kappa shape index (κ3) is 5.08. The highest BCUT2D eigenvalue weighted by molar-refractivity contribution is 5.85. The fraction of sp³-hybridized carbons (Fsp3) is 0.583. The maximum absolute atomic E-state index is 12.0. The van der Waals surface area contributed by atoms with Crippen LogP contribution in [0.3, 0.4) is 0 Å². The Morgan fingerprint density at radius 1 is 1.24 bits per heavy atom. The zero-order valence-corrected chi connectivity index (χ0v) is 17.5. The van der Waals surface area contributed by atoms with Gasteiger partial charge in [-0.05, 0) is 62.3 Å². The molecule has 1 N–H and O–H groups in total. The molecule has 2 aliphatic heterocycles. The molecule has 1 atom stereocenters. The first-order valence-electron chi connectivity index (χ1n) is 11.3. The second kappa shape index (κ2) is 9.57. The molecule has 0 radical (unpaired) electrons. The summed E-state index contributed by atoms with van der Waals surface area (Å²) in [5.74, 6) is 1.32. The van der Waals surface area contributed by atoms with Crippen molar-refractivity contribution in [3.63, 3.8) is 0 Å². The molecule has 4 rings (SSSR count). The van der Waals surface area contributed by atoms with Crippen molar-refractivity contribution in [2.75, 3.05) is 26.2 Å². The predicted octanol–water partition coefficient (Wildman–Crippen LogP) is 3.95. The predicted molar refractivity (Wildman–Crippen MR) is 116 cm³/mol. The molecular formula is C24H33N3O2. The summed E-state index contributed by atoms with van der Waals surface area (Å²) in [6, 6.07) is 8.57. The van der Waals surface area contributed by atoms with Gasteiger partial charge in [0, 0.05) is 37.8 Å². The molecule has 3 heterocycles. The van der Waals surface area contributed by atoms with E-state index in [1.165, 1.54) is 18.4 Å². The maximum atomic E-state index is 12.0. The van der Waals surface area contributed by atoms with Gasteiger partial charge in [-0.1, -0.05) is 19.4 Å². The Kier molecular flexibility index (Phi) is 6.65. The Labute approximate surface area is 173 Å². The summed E-state index contributed by atoms with van der Waals surface area (Å²) < 4.78 is 6.48. The van der Waals surface area contributed by atoms with E-state index in [0.717, 1.165) is 74.9 Å². The average molecular weight is 396 g/mol. The lowest BCUT2D eigenvalue weighted by atomic mass is 9.96. The van der Waals surface area contributed by atoms with Crippen LogP contribution in [0.25, 0.3) is 10.9 Å². The summed E-state index contributed by atoms with van der Waals surface area (Å²) in [6.45, 7) is 5.94. The fourth-order valence-corrected chi connectivity index (χ4v) is 4.54. The van der Waals surface area contributed by atoms with Gasteiger partial charge in [0.2, 0.25) is 5.91 Å². The van der Waals surface area contributed by atoms with Gasteiger partial charge in [-0.2, -0.15) is 0 Å². The average Bonchev–Trinajstić information content (AvgIpc) is 2.75. The van der Waals surface area contributed by atoms with Crippen LogP contribution >= 0.6 is 0 Å². The van der Waals surface area contributed by atoms with Gasteiger partial charge in [0.25, 0.3) is 0 Å². The summed E-state index contributed by atoms with van der Waals surface area (Å²) in [7, 11) is 0. The summed E-state index contributed by atoms with van der Waals surface area (Å²) in [5, 5.41) is 4.17. The number of aryl methyl sites for hydroxylation is 1. The van der Waals surface area contributed by atoms with Gasteiger partial charge in [0.15, 0.2) is 0 Å². The first-order valence-corrected chi connectivity index (χ1v) is 11.3. The Morgan fingerprint density at radius 2 is 2.10 bits per heavy atom. The first-order chi connectivity index (χ1) is 14.2. The summed E-state index contributed by atoms with van der Waals surface area (Å²) >= 11 is 0. The maximum Gasteiger partial charge on any atom is 0.224 e. The normalized spacial score (nSPS) is 21.3. The third-order valence-corrected chi connectivity index (χ3v) is 6.25. The van der Waals surface area contributed by atoms with Crippen LogP contribution in [0, 0.1) is 5.92 Å². The molecule has 0 spiro atoms. The highest BCUT2D eigenvalue weighted by Gasteiger charge is 2.27. The van der Waals surface area contributed by atoms with Gasteiger partial charge in [0.1, 0.15) is 17.4 Å². The number of carbonyl (C=O) groups is 1. The number of benzene rings is 1. The van der Waals surface area contributed by atoms with Crippen LogP contribution < -0.4 is 10.1 Å². The van der Waals surface area contributed by atoms with Crippen molar-refractivity contribution in [3.8, 4) is 5.75 Å². The number of nitrogens with one attached hydrogen (secondary N) is 1. The zero-order chi connectivity index (χ0) is 20.1. The van der Waals surface area contributed by atoms with E-state index in [0.29, 0.717) is 0 Å². The van der Waals surface area contributed by atoms with Gasteiger partial charge in [-0.15, -0.1) is 0 Å². The van der Waals surface area contributed by atoms with Gasteiger partial charge in [-0.25, -0.2) is 0 Å². The van der Waals surface area contributed by atoms with Crippen LogP contribution in [-0.2, 0) is 11.2 Å². The number of rotatable bonds is 7. The van der Waals surface area contributed by atoms with E-state index in [9.17, 15) is 4.79 Å². The van der Waals surface area contributed by atoms with E-state index < -0.39 is 0 Å². The number of likely N-dealkylation sites (tertiary alicyclic amines) is 1. The van der Waals surface area contributed by atoms with E-state index in [1.54, 1.807) is 0 Å². The van der Waals surface area contributed by atoms with E-state index in [4.69, 9.17) is 4.74 Å². The summed E-state index contributed by atoms with van der Waals surface area (Å²) in [6.07, 6.45) is 9.66. The number of unbranched alkanes of at least 4 members (excludes halogenated alkanes) is 1. The Hall–Kier alpha value is -2.14. The van der Waals surface area contributed by atoms with Gasteiger partial charge in [-0.3, -0.25) is 9.78 Å². The highest BCUT2D eigenvalue weighted by Crippen LogP contribution is 2.29. The number of hydrogen-bond donors (Lipinski definition) is 1. The second-order valence-electron chi connectivity index (χ2n) is 8.52. The van der Waals surface area contributed by atoms with E-state index in [2.05, 4.69) is 40.3 Å². The molecule has 2 fully saturated rings. The number of hydrogen-bond acceptors (Lipinski definition) is 4. The SMILES string of the molecule is CCCCc1cc(OC2CCN(CC3CCCNC3=O)CC2)c2ncccc2c1. The van der Waals surface area contributed by atoms with Gasteiger partial charge < -0.3 is 15.0 Å². The molecule has 1 unspecified atom stereocenters. The number of piperidine rings is 2. The van der Waals surface area contributed by atoms with E-state index in [1.807, 2.05) is 12.3 Å². The van der Waals surface area contributed by atoms with Crippen LogP contribution in [-0.4, -0.2) is 48.1 Å². The molecule has 0 bridgehead atoms. The first kappa shape index (κ1) is 20.1. The van der Waals surface area contributed by atoms with Crippen molar-refractivity contribution in [1.82, 2.24) is 15.2 Å². The molecule has 5 heteroatoms. The van der Waals surface area contributed by atoms with Crippen LogP contribution in [0.4, 0.5) is 0 Å². The molecule has 0 saturated carbocycles. The number of carbonyl (C=O) groups excluding carboxylic acids is 1. The van der Waals surface area contributed by atoms with Crippen molar-refractivity contribution in [1.29, 1.82) is 0 Å². The van der Waals surface area contributed by atoms with Crippen molar-refractivity contribution < 1.29 is 9.53 Å². The van der Waals surface area contributed by atoms with Crippen molar-refractivity contribution in [2.45, 2.75) is 58.0 Å². The zero-order valence-electron chi connectivity index (χ0n) is 17.5. The number of nitrogens with zero attached hydrogens (tertiary/aromatic N) is 2. The highest BCUT2D eigenvalue weighted by atomic mass is 16.5. The lowest BCUT2D eigenvalue weighted by molar-refractivity contribution is -0.127. The van der Waals surface area contributed by atoms with Crippen LogP contribution in [0.5, 0.6) is 5.75 Å². The largest absolute Gasteiger partial charge is 0.488 e. The number of aromatic nitrogens is 1. The van der Waals surface area contributed by atoms with Gasteiger partial charge >= 0.3 is 0 Å². The molecule has 1 amide bonds. The molecule has 156 valence electrons. The number of amides is 1. The molecule has 1 aromatic heterocycles. The monoisotopic (exact) mass is 395 g/mol. The van der Waals surface area contributed by atoms with Crippen LogP contribution in [0.1, 0.15) is 51.0 Å². The molecule has 5 nitrogen and oxygen atoms in total. The van der Waals surface area contributed by atoms with Crippen molar-refractivity contribution in [2.24, 2.45) is 5.92 Å². The van der Waals surface area contributed by atoms with Crippen LogP contribution in [0.2, 0.25) is 0 Å². The standard InChI is InChI=1S/C24H33N3O2/c1-2-3-6-18-15-19-7-4-11-25-23(19)22(16-18)29-21-9-13-27(14-10-21)17-20-8-5-12-26-24(20)28/h4,7,11,15-16,20-21H,2-3,5-6,8-10,12-14,17H2,1H3,(H,26,28). The molecule has 2 aliphatic rings. The molecular weight excluding hydrogens is 362 g/mol. The molecule has 29 heavy (non-hydrogen) atoms. The fourth-order valence-electron chi connectivity index (χ4n) is 4.54. The quantitative estimate of drug-likeness (QED) is 0.771. The topological polar surface area (TPSA) is 54.5 Å². The summed E-state index contributed by atoms with van der Waals surface area (Å²) in [4.78, 5) is 19.1. The lowest BCUT2D eigenvalue weighted by Gasteiger charge is -2.35. The number of pyridine rings is 1. The Morgan fingerprint density at radius 3 is 2.90 bits per heavy atom. The van der Waals surface area contributed by atoms with Crippen molar-refractivity contribution in [3.05, 3.63) is 36.0 Å². The minimum Gasteiger partial charge on any atom is -0.488 e. The van der Waals surface area contributed by atoms with Crippen LogP contribution in [0.15, 0.2) is 30.5 Å². The molecule has 2 saturated heterocycles. The minimum absolute atomic E-state index is 0.157. The van der Waals surface area contributed by atoms with E-state index in [-0.39, 0.29) is 17.9 Å². The minimum atomic E-state index is 0.157. The third-order valence-electron chi connectivity index (χ3n) is 6.25. The van der Waals surface area contributed by atoms with Gasteiger partial charge in [0.05, 0.1) is 5.92 Å². The molecule has 0 aliphatic carbocycles. The second-order valence-corrected chi connectivity index (χ2v) is 8.52. The van der Waals surface area contributed by atoms with Crippen molar-refractivity contribution >= 4 is 16.8 Å². The number of fused-ring (bicyclic) bond motifs is 1. The summed E-state index contributed by atoms with van der Waals surface area (Å²) in [5.41, 5.74) is 2.30.